The van der Waals surface area contributed by atoms with E-state index in [2.05, 4.69) is 16.4 Å². The average molecular weight is 245 g/mol. The first-order valence-electron chi connectivity index (χ1n) is 5.77. The van der Waals surface area contributed by atoms with Crippen LogP contribution in [0.25, 0.3) is 0 Å². The second-order valence-electron chi connectivity index (χ2n) is 5.07. The molecule has 1 aliphatic rings. The molecule has 2 N–H and O–H groups in total. The fraction of sp³-hybridized carbons (Fsp3) is 0.833. The highest BCUT2D eigenvalue weighted by atomic mass is 16.6. The van der Waals surface area contributed by atoms with Crippen molar-refractivity contribution in [3.63, 3.8) is 0 Å². The molecular formula is C12H23NO4. The zero-order chi connectivity index (χ0) is 13.6. The van der Waals surface area contributed by atoms with E-state index in [0.29, 0.717) is 5.92 Å². The van der Waals surface area contributed by atoms with E-state index in [1.807, 2.05) is 0 Å². The molecule has 5 heteroatoms. The minimum Gasteiger partial charge on any atom is -0.469 e. The lowest BCUT2D eigenvalue weighted by atomic mass is 10.2. The Morgan fingerprint density at radius 2 is 1.88 bits per heavy atom. The lowest BCUT2D eigenvalue weighted by Crippen LogP contribution is -2.27. The summed E-state index contributed by atoms with van der Waals surface area (Å²) in [5.41, 5.74) is 4.26. The van der Waals surface area contributed by atoms with E-state index in [1.54, 1.807) is 20.8 Å². The first-order valence-corrected chi connectivity index (χ1v) is 5.77. The van der Waals surface area contributed by atoms with Gasteiger partial charge in [0, 0.05) is 0 Å². The number of carbonyl (C=O) groups excluding carboxylic acids is 2. The normalized spacial score (nSPS) is 21.9. The van der Waals surface area contributed by atoms with Crippen LogP contribution in [-0.2, 0) is 14.3 Å². The summed E-state index contributed by atoms with van der Waals surface area (Å²) in [6.45, 7) is 7.39. The van der Waals surface area contributed by atoms with Crippen LogP contribution in [0.15, 0.2) is 0 Å². The van der Waals surface area contributed by atoms with E-state index in [1.165, 1.54) is 7.11 Å². The third-order valence-electron chi connectivity index (χ3n) is 2.36. The molecule has 0 aromatic carbocycles. The Kier molecular flexibility index (Phi) is 5.99. The molecule has 0 aromatic heterocycles. The first-order chi connectivity index (χ1) is 7.71. The number of amides is 1. The van der Waals surface area contributed by atoms with Gasteiger partial charge in [-0.1, -0.05) is 13.3 Å². The van der Waals surface area contributed by atoms with Gasteiger partial charge in [-0.05, 0) is 33.1 Å². The Morgan fingerprint density at radius 1 is 1.35 bits per heavy atom. The molecule has 1 aliphatic carbocycles. The monoisotopic (exact) mass is 245 g/mol. The number of nitrogens with two attached hydrogens (primary N) is 1. The smallest absolute Gasteiger partial charge is 0.405 e. The van der Waals surface area contributed by atoms with Crippen molar-refractivity contribution in [2.24, 2.45) is 17.6 Å². The lowest BCUT2D eigenvalue weighted by molar-refractivity contribution is -0.142. The summed E-state index contributed by atoms with van der Waals surface area (Å²) in [6, 6.07) is 0. The van der Waals surface area contributed by atoms with Gasteiger partial charge < -0.3 is 15.2 Å². The Morgan fingerprint density at radius 3 is 2.06 bits per heavy atom. The quantitative estimate of drug-likeness (QED) is 0.755. The maximum atomic E-state index is 10.7. The van der Waals surface area contributed by atoms with Crippen molar-refractivity contribution in [1.29, 1.82) is 0 Å². The number of methoxy groups -OCH3 is 1. The van der Waals surface area contributed by atoms with Gasteiger partial charge in [0.05, 0.1) is 13.0 Å². The summed E-state index contributed by atoms with van der Waals surface area (Å²) in [5.74, 6) is 0.833. The molecule has 0 bridgehead atoms. The number of hydrogen-bond donors (Lipinski definition) is 1. The summed E-state index contributed by atoms with van der Waals surface area (Å²) in [6.07, 6.45) is 1.43. The molecule has 0 saturated heterocycles. The predicted octanol–water partition coefficient (Wildman–Crippen LogP) is 2.09. The maximum absolute atomic E-state index is 10.7. The summed E-state index contributed by atoms with van der Waals surface area (Å²) in [4.78, 5) is 20.7. The van der Waals surface area contributed by atoms with Crippen molar-refractivity contribution in [1.82, 2.24) is 0 Å². The van der Waals surface area contributed by atoms with E-state index in [0.717, 1.165) is 12.8 Å². The molecule has 0 aromatic rings. The van der Waals surface area contributed by atoms with Crippen LogP contribution in [0.3, 0.4) is 0 Å². The fourth-order valence-electron chi connectivity index (χ4n) is 1.44. The van der Waals surface area contributed by atoms with Crippen LogP contribution in [0.2, 0.25) is 0 Å². The van der Waals surface area contributed by atoms with E-state index in [-0.39, 0.29) is 11.9 Å². The van der Waals surface area contributed by atoms with Crippen LogP contribution in [0.4, 0.5) is 4.79 Å². The van der Waals surface area contributed by atoms with Gasteiger partial charge in [0.1, 0.15) is 5.60 Å². The summed E-state index contributed by atoms with van der Waals surface area (Å²) in [5, 5.41) is 0. The lowest BCUT2D eigenvalue weighted by Gasteiger charge is -2.16. The third-order valence-corrected chi connectivity index (χ3v) is 2.36. The maximum Gasteiger partial charge on any atom is 0.405 e. The molecule has 1 fully saturated rings. The van der Waals surface area contributed by atoms with Gasteiger partial charge in [-0.15, -0.1) is 0 Å². The van der Waals surface area contributed by atoms with Gasteiger partial charge in [0.2, 0.25) is 0 Å². The highest BCUT2D eigenvalue weighted by Gasteiger charge is 2.42. The van der Waals surface area contributed by atoms with Crippen LogP contribution < -0.4 is 5.73 Å². The number of carbonyl (C=O) groups is 2. The van der Waals surface area contributed by atoms with Crippen LogP contribution in [0.1, 0.15) is 40.5 Å². The Balaban J connectivity index is 0.000000304. The Bertz CT molecular complexity index is 270. The molecule has 0 spiro atoms. The molecule has 1 rings (SSSR count). The number of ether oxygens (including phenoxy) is 2. The highest BCUT2D eigenvalue weighted by Crippen LogP contribution is 2.41. The molecule has 0 radical (unpaired) electrons. The second kappa shape index (κ2) is 6.47. The number of primary amides is 1. The Hall–Kier alpha value is -1.26. The van der Waals surface area contributed by atoms with Crippen LogP contribution >= 0.6 is 0 Å². The van der Waals surface area contributed by atoms with Crippen molar-refractivity contribution < 1.29 is 19.1 Å². The van der Waals surface area contributed by atoms with Crippen molar-refractivity contribution in [3.05, 3.63) is 0 Å². The molecule has 2 atom stereocenters. The van der Waals surface area contributed by atoms with Crippen LogP contribution in [-0.4, -0.2) is 24.8 Å². The van der Waals surface area contributed by atoms with Crippen molar-refractivity contribution in [3.8, 4) is 0 Å². The van der Waals surface area contributed by atoms with E-state index in [9.17, 15) is 9.59 Å². The fourth-order valence-corrected chi connectivity index (χ4v) is 1.44. The van der Waals surface area contributed by atoms with Crippen molar-refractivity contribution in [2.75, 3.05) is 7.11 Å². The first kappa shape index (κ1) is 15.7. The van der Waals surface area contributed by atoms with Gasteiger partial charge in [-0.2, -0.15) is 0 Å². The molecule has 100 valence electrons. The molecule has 17 heavy (non-hydrogen) atoms. The molecule has 1 saturated carbocycles. The number of esters is 1. The minimum absolute atomic E-state index is 0.0261. The average Bonchev–Trinajstić information content (AvgIpc) is 2.92. The predicted molar refractivity (Wildman–Crippen MR) is 64.3 cm³/mol. The Labute approximate surface area is 103 Å². The summed E-state index contributed by atoms with van der Waals surface area (Å²) in [7, 11) is 1.45. The van der Waals surface area contributed by atoms with Crippen molar-refractivity contribution in [2.45, 2.75) is 46.1 Å². The topological polar surface area (TPSA) is 78.6 Å². The van der Waals surface area contributed by atoms with Gasteiger partial charge in [0.25, 0.3) is 0 Å². The zero-order valence-electron chi connectivity index (χ0n) is 11.3. The van der Waals surface area contributed by atoms with Crippen molar-refractivity contribution >= 4 is 12.1 Å². The van der Waals surface area contributed by atoms with Crippen LogP contribution in [0.5, 0.6) is 0 Å². The second-order valence-corrected chi connectivity index (χ2v) is 5.07. The SMILES string of the molecule is CC(C)(C)OC(N)=O.CC[C@@H]1CC1C(=O)OC. The van der Waals surface area contributed by atoms with Gasteiger partial charge >= 0.3 is 12.1 Å². The van der Waals surface area contributed by atoms with E-state index >= 15 is 0 Å². The zero-order valence-corrected chi connectivity index (χ0v) is 11.3. The molecule has 1 amide bonds. The van der Waals surface area contributed by atoms with E-state index in [4.69, 9.17) is 5.73 Å². The van der Waals surface area contributed by atoms with Crippen LogP contribution in [0, 0.1) is 11.8 Å². The molecule has 5 nitrogen and oxygen atoms in total. The summed E-state index contributed by atoms with van der Waals surface area (Å²) < 4.78 is 9.14. The summed E-state index contributed by atoms with van der Waals surface area (Å²) >= 11 is 0. The van der Waals surface area contributed by atoms with Gasteiger partial charge in [0.15, 0.2) is 0 Å². The third kappa shape index (κ3) is 7.60. The molecular weight excluding hydrogens is 222 g/mol. The van der Waals surface area contributed by atoms with Gasteiger partial charge in [-0.25, -0.2) is 4.79 Å². The molecule has 0 aliphatic heterocycles. The van der Waals surface area contributed by atoms with E-state index < -0.39 is 11.7 Å². The van der Waals surface area contributed by atoms with Gasteiger partial charge in [-0.3, -0.25) is 4.79 Å². The molecule has 0 heterocycles. The largest absolute Gasteiger partial charge is 0.469 e. The number of rotatable bonds is 2. The molecule has 1 unspecified atom stereocenters. The minimum atomic E-state index is -0.725. The number of hydrogen-bond acceptors (Lipinski definition) is 4. The highest BCUT2D eigenvalue weighted by molar-refractivity contribution is 5.75. The standard InChI is InChI=1S/C7H12O2.C5H11NO2/c1-3-5-4-6(5)7(8)9-2;1-5(2,3)8-4(6)7/h5-6H,3-4H2,1-2H3;1-3H3,(H2,6,7)/t5-,6?;/m1./s1.